The number of hydrogen-bond acceptors (Lipinski definition) is 3. The van der Waals surface area contributed by atoms with Gasteiger partial charge in [0.25, 0.3) is 5.56 Å². The molecule has 5 heteroatoms. The van der Waals surface area contributed by atoms with Crippen LogP contribution in [0.3, 0.4) is 0 Å². The van der Waals surface area contributed by atoms with Crippen LogP contribution in [-0.2, 0) is 6.54 Å². The first-order valence-corrected chi connectivity index (χ1v) is 8.05. The number of hydrogen-bond donors (Lipinski definition) is 1. The molecule has 2 fully saturated rings. The van der Waals surface area contributed by atoms with E-state index in [1.807, 2.05) is 0 Å². The Morgan fingerprint density at radius 1 is 1.35 bits per heavy atom. The van der Waals surface area contributed by atoms with Gasteiger partial charge in [-0.3, -0.25) is 4.79 Å². The predicted molar refractivity (Wildman–Crippen MR) is 81.3 cm³/mol. The normalized spacial score (nSPS) is 26.5. The highest BCUT2D eigenvalue weighted by molar-refractivity contribution is 6.33. The Kier molecular flexibility index (Phi) is 4.01. The van der Waals surface area contributed by atoms with Crippen LogP contribution >= 0.6 is 11.6 Å². The Morgan fingerprint density at radius 2 is 2.10 bits per heavy atom. The number of aromatic nitrogens is 2. The van der Waals surface area contributed by atoms with E-state index >= 15 is 0 Å². The third-order valence-electron chi connectivity index (χ3n) is 4.57. The SMILES string of the molecule is CC1CCCCC1Nc1c(Cl)cnn(CC2CC2)c1=O. The number of nitrogens with zero attached hydrogens (tertiary/aromatic N) is 2. The van der Waals surface area contributed by atoms with Gasteiger partial charge in [-0.1, -0.05) is 31.4 Å². The number of halogens is 1. The van der Waals surface area contributed by atoms with E-state index in [-0.39, 0.29) is 5.56 Å². The van der Waals surface area contributed by atoms with Crippen LogP contribution in [0.5, 0.6) is 0 Å². The molecule has 1 N–H and O–H groups in total. The van der Waals surface area contributed by atoms with Gasteiger partial charge in [0.2, 0.25) is 0 Å². The van der Waals surface area contributed by atoms with Crippen molar-refractivity contribution in [2.75, 3.05) is 5.32 Å². The summed E-state index contributed by atoms with van der Waals surface area (Å²) < 4.78 is 1.57. The first-order valence-electron chi connectivity index (χ1n) is 7.67. The smallest absolute Gasteiger partial charge is 0.291 e. The molecule has 0 aromatic carbocycles. The number of anilines is 1. The van der Waals surface area contributed by atoms with Crippen LogP contribution in [0.15, 0.2) is 11.0 Å². The fraction of sp³-hybridized carbons (Fsp3) is 0.733. The third-order valence-corrected chi connectivity index (χ3v) is 4.85. The van der Waals surface area contributed by atoms with E-state index in [0.717, 1.165) is 13.0 Å². The minimum Gasteiger partial charge on any atom is -0.376 e. The highest BCUT2D eigenvalue weighted by Gasteiger charge is 2.26. The molecule has 2 unspecified atom stereocenters. The van der Waals surface area contributed by atoms with Gasteiger partial charge in [0, 0.05) is 12.6 Å². The molecule has 20 heavy (non-hydrogen) atoms. The molecular formula is C15H22ClN3O. The van der Waals surface area contributed by atoms with Crippen molar-refractivity contribution < 1.29 is 0 Å². The van der Waals surface area contributed by atoms with E-state index in [1.165, 1.54) is 32.1 Å². The molecule has 110 valence electrons. The molecule has 2 aliphatic carbocycles. The van der Waals surface area contributed by atoms with E-state index in [1.54, 1.807) is 10.9 Å². The van der Waals surface area contributed by atoms with Crippen LogP contribution in [0.1, 0.15) is 45.4 Å². The van der Waals surface area contributed by atoms with Crippen LogP contribution in [-0.4, -0.2) is 15.8 Å². The van der Waals surface area contributed by atoms with Crippen LogP contribution in [0.2, 0.25) is 5.02 Å². The summed E-state index contributed by atoms with van der Waals surface area (Å²) in [6.07, 6.45) is 8.86. The van der Waals surface area contributed by atoms with E-state index in [2.05, 4.69) is 17.3 Å². The van der Waals surface area contributed by atoms with Crippen molar-refractivity contribution in [3.8, 4) is 0 Å². The summed E-state index contributed by atoms with van der Waals surface area (Å²) in [5, 5.41) is 8.00. The Balaban J connectivity index is 1.81. The molecule has 4 nitrogen and oxygen atoms in total. The van der Waals surface area contributed by atoms with Gasteiger partial charge in [-0.2, -0.15) is 5.10 Å². The molecule has 0 bridgehead atoms. The fourth-order valence-electron chi connectivity index (χ4n) is 2.99. The maximum atomic E-state index is 12.5. The second-order valence-electron chi connectivity index (χ2n) is 6.31. The monoisotopic (exact) mass is 295 g/mol. The van der Waals surface area contributed by atoms with E-state index in [4.69, 9.17) is 11.6 Å². The summed E-state index contributed by atoms with van der Waals surface area (Å²) in [5.74, 6) is 1.21. The summed E-state index contributed by atoms with van der Waals surface area (Å²) in [7, 11) is 0. The summed E-state index contributed by atoms with van der Waals surface area (Å²) >= 11 is 6.18. The Hall–Kier alpha value is -1.03. The maximum absolute atomic E-state index is 12.5. The molecule has 0 amide bonds. The lowest BCUT2D eigenvalue weighted by atomic mass is 9.86. The van der Waals surface area contributed by atoms with Gasteiger partial charge < -0.3 is 5.32 Å². The third kappa shape index (κ3) is 3.00. The lowest BCUT2D eigenvalue weighted by Gasteiger charge is -2.30. The molecule has 1 aromatic rings. The van der Waals surface area contributed by atoms with Gasteiger partial charge >= 0.3 is 0 Å². The van der Waals surface area contributed by atoms with Gasteiger partial charge in [0.1, 0.15) is 5.69 Å². The molecule has 3 rings (SSSR count). The summed E-state index contributed by atoms with van der Waals surface area (Å²) in [5.41, 5.74) is 0.475. The fourth-order valence-corrected chi connectivity index (χ4v) is 3.17. The van der Waals surface area contributed by atoms with Gasteiger partial charge in [-0.15, -0.1) is 0 Å². The quantitative estimate of drug-likeness (QED) is 0.927. The van der Waals surface area contributed by atoms with Crippen molar-refractivity contribution >= 4 is 17.3 Å². The zero-order chi connectivity index (χ0) is 14.1. The van der Waals surface area contributed by atoms with Crippen LogP contribution < -0.4 is 10.9 Å². The molecule has 2 saturated carbocycles. The average Bonchev–Trinajstić information content (AvgIpc) is 3.24. The minimum atomic E-state index is -0.0674. The topological polar surface area (TPSA) is 46.9 Å². The highest BCUT2D eigenvalue weighted by atomic mass is 35.5. The lowest BCUT2D eigenvalue weighted by Crippen LogP contribution is -2.35. The van der Waals surface area contributed by atoms with Crippen LogP contribution in [0, 0.1) is 11.8 Å². The molecule has 1 heterocycles. The van der Waals surface area contributed by atoms with Crippen molar-refractivity contribution in [1.82, 2.24) is 9.78 Å². The van der Waals surface area contributed by atoms with Gasteiger partial charge in [0.15, 0.2) is 0 Å². The van der Waals surface area contributed by atoms with Crippen molar-refractivity contribution in [2.24, 2.45) is 11.8 Å². The second kappa shape index (κ2) is 5.76. The average molecular weight is 296 g/mol. The maximum Gasteiger partial charge on any atom is 0.291 e. The first kappa shape index (κ1) is 13.9. The predicted octanol–water partition coefficient (Wildman–Crippen LogP) is 3.30. The largest absolute Gasteiger partial charge is 0.376 e. The second-order valence-corrected chi connectivity index (χ2v) is 6.72. The molecule has 0 aliphatic heterocycles. The van der Waals surface area contributed by atoms with Crippen molar-refractivity contribution in [3.63, 3.8) is 0 Å². The van der Waals surface area contributed by atoms with Crippen molar-refractivity contribution in [1.29, 1.82) is 0 Å². The minimum absolute atomic E-state index is 0.0674. The van der Waals surface area contributed by atoms with E-state index in [9.17, 15) is 4.79 Å². The zero-order valence-electron chi connectivity index (χ0n) is 11.9. The summed E-state index contributed by atoms with van der Waals surface area (Å²) in [6.45, 7) is 2.97. The Bertz CT molecular complexity index is 538. The van der Waals surface area contributed by atoms with E-state index in [0.29, 0.717) is 28.6 Å². The summed E-state index contributed by atoms with van der Waals surface area (Å²) in [6, 6.07) is 0.353. The van der Waals surface area contributed by atoms with Crippen LogP contribution in [0.25, 0.3) is 0 Å². The molecular weight excluding hydrogens is 274 g/mol. The number of rotatable bonds is 4. The molecule has 0 spiro atoms. The van der Waals surface area contributed by atoms with Crippen LogP contribution in [0.4, 0.5) is 5.69 Å². The molecule has 2 atom stereocenters. The van der Waals surface area contributed by atoms with E-state index < -0.39 is 0 Å². The van der Waals surface area contributed by atoms with Gasteiger partial charge in [-0.05, 0) is 37.5 Å². The zero-order valence-corrected chi connectivity index (χ0v) is 12.7. The van der Waals surface area contributed by atoms with Gasteiger partial charge in [-0.25, -0.2) is 4.68 Å². The van der Waals surface area contributed by atoms with Gasteiger partial charge in [0.05, 0.1) is 11.2 Å². The first-order chi connectivity index (χ1) is 9.65. The molecule has 0 saturated heterocycles. The standard InChI is InChI=1S/C15H22ClN3O/c1-10-4-2-3-5-13(10)18-14-12(16)8-17-19(15(14)20)9-11-6-7-11/h8,10-11,13,18H,2-7,9H2,1H3. The molecule has 1 aromatic heterocycles. The Morgan fingerprint density at radius 3 is 2.80 bits per heavy atom. The highest BCUT2D eigenvalue weighted by Crippen LogP contribution is 2.31. The van der Waals surface area contributed by atoms with Crippen molar-refractivity contribution in [3.05, 3.63) is 21.6 Å². The molecule has 2 aliphatic rings. The van der Waals surface area contributed by atoms with Crippen molar-refractivity contribution in [2.45, 2.75) is 58.0 Å². The summed E-state index contributed by atoms with van der Waals surface area (Å²) in [4.78, 5) is 12.5. The lowest BCUT2D eigenvalue weighted by molar-refractivity contribution is 0.349. The number of nitrogens with one attached hydrogen (secondary N) is 1. The molecule has 0 radical (unpaired) electrons. The Labute approximate surface area is 124 Å².